The van der Waals surface area contributed by atoms with Gasteiger partial charge in [-0.2, -0.15) is 0 Å². The average molecular weight is 445 g/mol. The third-order valence-electron chi connectivity index (χ3n) is 7.30. The van der Waals surface area contributed by atoms with Gasteiger partial charge >= 0.3 is 0 Å². The van der Waals surface area contributed by atoms with Crippen molar-refractivity contribution in [2.45, 2.75) is 39.5 Å². The number of hydrogen-bond acceptors (Lipinski definition) is 2. The van der Waals surface area contributed by atoms with Crippen LogP contribution in [0.2, 0.25) is 0 Å². The Morgan fingerprint density at radius 1 is 0.848 bits per heavy atom. The molecule has 0 bridgehead atoms. The second kappa shape index (κ2) is 10.8. The molecule has 0 aliphatic rings. The molecule has 0 aromatic heterocycles. The summed E-state index contributed by atoms with van der Waals surface area (Å²) in [5.74, 6) is 1.02. The number of ether oxygens (including phenoxy) is 1. The molecular formula is C30H38NO2+. The molecule has 3 nitrogen and oxygen atoms in total. The molecule has 0 N–H and O–H groups in total. The molecule has 1 atom stereocenters. The summed E-state index contributed by atoms with van der Waals surface area (Å²) in [4.78, 5) is 14.0. The highest BCUT2D eigenvalue weighted by Crippen LogP contribution is 2.40. The maximum atomic E-state index is 14.0. The van der Waals surface area contributed by atoms with E-state index in [9.17, 15) is 4.79 Å². The molecule has 0 saturated heterocycles. The summed E-state index contributed by atoms with van der Waals surface area (Å²) in [6.45, 7) is 12.5. The Hall–Kier alpha value is -2.91. The number of carbonyl (C=O) groups excluding carboxylic acids is 1. The quantitative estimate of drug-likeness (QED) is 0.251. The summed E-state index contributed by atoms with van der Waals surface area (Å²) < 4.78 is 7.18. The molecule has 0 aliphatic heterocycles. The van der Waals surface area contributed by atoms with E-state index in [2.05, 4.69) is 59.0 Å². The normalized spacial score (nSPS) is 13.4. The SMILES string of the molecule is CCC(C(=O)c1ccccc1)(c1ccccc1)c1ccc(OCC[N+](C)(CC)CC)c(C)c1. The van der Waals surface area contributed by atoms with Gasteiger partial charge in [0.15, 0.2) is 5.78 Å². The lowest BCUT2D eigenvalue weighted by molar-refractivity contribution is -0.906. The standard InChI is InChI=1S/C30H38NO2/c1-6-30(26-17-13-10-14-18-26,29(32)25-15-11-9-12-16-25)27-19-20-28(24(4)23-27)33-22-21-31(5,7-2)8-3/h9-20,23H,6-8,21-22H2,1-5H3/q+1. The van der Waals surface area contributed by atoms with Crippen LogP contribution in [0.25, 0.3) is 0 Å². The number of quaternary nitrogens is 1. The van der Waals surface area contributed by atoms with Crippen molar-refractivity contribution in [2.24, 2.45) is 0 Å². The topological polar surface area (TPSA) is 26.3 Å². The Balaban J connectivity index is 1.98. The zero-order valence-corrected chi connectivity index (χ0v) is 20.8. The van der Waals surface area contributed by atoms with Gasteiger partial charge in [-0.3, -0.25) is 4.79 Å². The number of hydrogen-bond donors (Lipinski definition) is 0. The molecule has 3 heteroatoms. The summed E-state index contributed by atoms with van der Waals surface area (Å²) in [7, 11) is 2.27. The molecule has 0 heterocycles. The largest absolute Gasteiger partial charge is 0.487 e. The van der Waals surface area contributed by atoms with Gasteiger partial charge in [0.05, 0.1) is 25.6 Å². The van der Waals surface area contributed by atoms with E-state index >= 15 is 0 Å². The van der Waals surface area contributed by atoms with E-state index < -0.39 is 5.41 Å². The molecule has 0 radical (unpaired) electrons. The van der Waals surface area contributed by atoms with Crippen LogP contribution in [0, 0.1) is 6.92 Å². The lowest BCUT2D eigenvalue weighted by Crippen LogP contribution is -2.46. The summed E-state index contributed by atoms with van der Waals surface area (Å²) in [6.07, 6.45) is 0.674. The number of nitrogens with zero attached hydrogens (tertiary/aromatic N) is 1. The van der Waals surface area contributed by atoms with Gasteiger partial charge in [-0.1, -0.05) is 79.7 Å². The first-order valence-electron chi connectivity index (χ1n) is 12.1. The number of aryl methyl sites for hydroxylation is 1. The van der Waals surface area contributed by atoms with Gasteiger partial charge in [0.25, 0.3) is 0 Å². The van der Waals surface area contributed by atoms with Gasteiger partial charge in [-0.05, 0) is 49.9 Å². The Morgan fingerprint density at radius 2 is 1.45 bits per heavy atom. The lowest BCUT2D eigenvalue weighted by atomic mass is 9.67. The fraction of sp³-hybridized carbons (Fsp3) is 0.367. The number of ketones is 1. The molecule has 3 aromatic carbocycles. The smallest absolute Gasteiger partial charge is 0.177 e. The van der Waals surface area contributed by atoms with Crippen molar-refractivity contribution >= 4 is 5.78 Å². The Labute approximate surface area is 199 Å². The fourth-order valence-electron chi connectivity index (χ4n) is 4.55. The van der Waals surface area contributed by atoms with Gasteiger partial charge in [-0.15, -0.1) is 0 Å². The van der Waals surface area contributed by atoms with Crippen LogP contribution in [-0.2, 0) is 5.41 Å². The molecule has 1 unspecified atom stereocenters. The third-order valence-corrected chi connectivity index (χ3v) is 7.30. The number of carbonyl (C=O) groups is 1. The van der Waals surface area contributed by atoms with Gasteiger partial charge in [0.1, 0.15) is 18.9 Å². The fourth-order valence-corrected chi connectivity index (χ4v) is 4.55. The summed E-state index contributed by atoms with van der Waals surface area (Å²) in [5, 5.41) is 0. The van der Waals surface area contributed by atoms with E-state index in [4.69, 9.17) is 4.74 Å². The molecular weight excluding hydrogens is 406 g/mol. The lowest BCUT2D eigenvalue weighted by Gasteiger charge is -2.34. The van der Waals surface area contributed by atoms with Gasteiger partial charge < -0.3 is 9.22 Å². The molecule has 0 aliphatic carbocycles. The maximum Gasteiger partial charge on any atom is 0.177 e. The minimum atomic E-state index is -0.744. The summed E-state index contributed by atoms with van der Waals surface area (Å²) in [6, 6.07) is 26.1. The summed E-state index contributed by atoms with van der Waals surface area (Å²) >= 11 is 0. The van der Waals surface area contributed by atoms with Crippen LogP contribution < -0.4 is 4.74 Å². The van der Waals surface area contributed by atoms with Crippen LogP contribution in [-0.4, -0.2) is 43.6 Å². The van der Waals surface area contributed by atoms with Crippen molar-refractivity contribution in [3.63, 3.8) is 0 Å². The van der Waals surface area contributed by atoms with Crippen LogP contribution in [0.5, 0.6) is 5.75 Å². The Morgan fingerprint density at radius 3 is 2.00 bits per heavy atom. The van der Waals surface area contributed by atoms with Crippen molar-refractivity contribution in [2.75, 3.05) is 33.3 Å². The average Bonchev–Trinajstić information content (AvgIpc) is 2.87. The van der Waals surface area contributed by atoms with Crippen LogP contribution in [0.15, 0.2) is 78.9 Å². The highest BCUT2D eigenvalue weighted by Gasteiger charge is 2.40. The third kappa shape index (κ3) is 5.20. The predicted octanol–water partition coefficient (Wildman–Crippen LogP) is 6.44. The molecule has 3 aromatic rings. The van der Waals surface area contributed by atoms with Crippen LogP contribution in [0.4, 0.5) is 0 Å². The highest BCUT2D eigenvalue weighted by molar-refractivity contribution is 6.06. The van der Waals surface area contributed by atoms with Crippen molar-refractivity contribution < 1.29 is 14.0 Å². The first-order chi connectivity index (χ1) is 15.9. The zero-order valence-electron chi connectivity index (χ0n) is 20.8. The second-order valence-electron chi connectivity index (χ2n) is 9.12. The van der Waals surface area contributed by atoms with E-state index in [-0.39, 0.29) is 5.78 Å². The second-order valence-corrected chi connectivity index (χ2v) is 9.12. The number of Topliss-reactive ketones (excluding diaryl/α,β-unsaturated/α-hetero) is 1. The molecule has 0 amide bonds. The number of rotatable bonds is 11. The van der Waals surface area contributed by atoms with Crippen molar-refractivity contribution in [3.05, 3.63) is 101 Å². The van der Waals surface area contributed by atoms with Crippen molar-refractivity contribution in [1.29, 1.82) is 0 Å². The monoisotopic (exact) mass is 444 g/mol. The van der Waals surface area contributed by atoms with E-state index in [0.29, 0.717) is 13.0 Å². The number of benzene rings is 3. The summed E-state index contributed by atoms with van der Waals surface area (Å²) in [5.41, 5.74) is 3.08. The van der Waals surface area contributed by atoms with Crippen molar-refractivity contribution in [3.8, 4) is 5.75 Å². The van der Waals surface area contributed by atoms with E-state index in [1.807, 2.05) is 54.6 Å². The highest BCUT2D eigenvalue weighted by atomic mass is 16.5. The van der Waals surface area contributed by atoms with Crippen LogP contribution in [0.1, 0.15) is 54.2 Å². The predicted molar refractivity (Wildman–Crippen MR) is 137 cm³/mol. The van der Waals surface area contributed by atoms with Crippen molar-refractivity contribution in [1.82, 2.24) is 0 Å². The first-order valence-corrected chi connectivity index (χ1v) is 12.1. The molecule has 0 fully saturated rings. The van der Waals surface area contributed by atoms with E-state index in [1.165, 1.54) is 0 Å². The van der Waals surface area contributed by atoms with Crippen LogP contribution in [0.3, 0.4) is 0 Å². The first kappa shape index (κ1) is 24.7. The van der Waals surface area contributed by atoms with Gasteiger partial charge in [-0.25, -0.2) is 0 Å². The van der Waals surface area contributed by atoms with Gasteiger partial charge in [0, 0.05) is 5.56 Å². The molecule has 0 saturated carbocycles. The minimum Gasteiger partial charge on any atom is -0.487 e. The maximum absolute atomic E-state index is 14.0. The Bertz CT molecular complexity index is 1040. The zero-order chi connectivity index (χ0) is 23.9. The molecule has 0 spiro atoms. The molecule has 174 valence electrons. The van der Waals surface area contributed by atoms with E-state index in [0.717, 1.165) is 52.1 Å². The molecule has 33 heavy (non-hydrogen) atoms. The minimum absolute atomic E-state index is 0.129. The van der Waals surface area contributed by atoms with E-state index in [1.54, 1.807) is 0 Å². The number of likely N-dealkylation sites (N-methyl/N-ethyl adjacent to an activating group) is 1. The van der Waals surface area contributed by atoms with Crippen LogP contribution >= 0.6 is 0 Å². The van der Waals surface area contributed by atoms with Gasteiger partial charge in [0.2, 0.25) is 0 Å². The molecule has 3 rings (SSSR count). The Kier molecular flexibility index (Phi) is 8.10.